The van der Waals surface area contributed by atoms with Crippen LogP contribution in [0.2, 0.25) is 0 Å². The standard InChI is InChI=1S/C13H20N4O/c1-4-17(5-7-18-6-1)13-10-15-12(9-16-13)8-14-11-2-3-11/h9-11,14H,1-8H2. The first-order chi connectivity index (χ1) is 8.92. The normalized spacial score (nSPS) is 20.8. The zero-order valence-corrected chi connectivity index (χ0v) is 10.6. The Morgan fingerprint density at radius 2 is 2.17 bits per heavy atom. The average Bonchev–Trinajstić information content (AvgIpc) is 3.24. The molecule has 5 nitrogen and oxygen atoms in total. The van der Waals surface area contributed by atoms with Crippen molar-refractivity contribution in [2.75, 3.05) is 31.2 Å². The number of rotatable bonds is 4. The fourth-order valence-corrected chi connectivity index (χ4v) is 2.11. The van der Waals surface area contributed by atoms with Crippen LogP contribution in [0.15, 0.2) is 12.4 Å². The summed E-state index contributed by atoms with van der Waals surface area (Å²) in [6, 6.07) is 0.717. The van der Waals surface area contributed by atoms with E-state index in [9.17, 15) is 0 Å². The third-order valence-electron chi connectivity index (χ3n) is 3.39. The number of ether oxygens (including phenoxy) is 1. The van der Waals surface area contributed by atoms with Gasteiger partial charge in [0.1, 0.15) is 5.82 Å². The molecule has 5 heteroatoms. The maximum absolute atomic E-state index is 5.44. The van der Waals surface area contributed by atoms with Crippen LogP contribution in [-0.4, -0.2) is 42.3 Å². The topological polar surface area (TPSA) is 50.3 Å². The zero-order valence-electron chi connectivity index (χ0n) is 10.6. The van der Waals surface area contributed by atoms with Gasteiger partial charge in [0.25, 0.3) is 0 Å². The van der Waals surface area contributed by atoms with Gasteiger partial charge in [0, 0.05) is 32.3 Å². The lowest BCUT2D eigenvalue weighted by atomic mass is 10.4. The quantitative estimate of drug-likeness (QED) is 0.860. The van der Waals surface area contributed by atoms with Gasteiger partial charge >= 0.3 is 0 Å². The lowest BCUT2D eigenvalue weighted by Crippen LogP contribution is -2.27. The summed E-state index contributed by atoms with van der Waals surface area (Å²) in [6.07, 6.45) is 7.44. The largest absolute Gasteiger partial charge is 0.380 e. The van der Waals surface area contributed by atoms with Crippen LogP contribution in [0.1, 0.15) is 25.0 Å². The molecule has 0 aromatic carbocycles. The molecule has 0 spiro atoms. The Balaban J connectivity index is 1.58. The summed E-state index contributed by atoms with van der Waals surface area (Å²) in [5.74, 6) is 0.968. The fraction of sp³-hybridized carbons (Fsp3) is 0.692. The van der Waals surface area contributed by atoms with E-state index in [1.165, 1.54) is 12.8 Å². The van der Waals surface area contributed by atoms with Crippen LogP contribution >= 0.6 is 0 Å². The van der Waals surface area contributed by atoms with Crippen molar-refractivity contribution >= 4 is 5.82 Å². The van der Waals surface area contributed by atoms with Crippen molar-refractivity contribution < 1.29 is 4.74 Å². The molecule has 1 saturated carbocycles. The van der Waals surface area contributed by atoms with Gasteiger partial charge in [-0.05, 0) is 19.3 Å². The molecule has 0 bridgehead atoms. The Labute approximate surface area is 108 Å². The first kappa shape index (κ1) is 11.9. The minimum absolute atomic E-state index is 0.717. The summed E-state index contributed by atoms with van der Waals surface area (Å²) in [7, 11) is 0. The SMILES string of the molecule is c1nc(N2CCCOCC2)cnc1CNC1CC1. The molecular formula is C13H20N4O. The number of nitrogens with one attached hydrogen (secondary N) is 1. The van der Waals surface area contributed by atoms with E-state index in [-0.39, 0.29) is 0 Å². The van der Waals surface area contributed by atoms with Crippen LogP contribution in [0.4, 0.5) is 5.82 Å². The molecule has 0 unspecified atom stereocenters. The third-order valence-corrected chi connectivity index (χ3v) is 3.39. The third kappa shape index (κ3) is 3.17. The number of hydrogen-bond acceptors (Lipinski definition) is 5. The van der Waals surface area contributed by atoms with Crippen molar-refractivity contribution in [3.8, 4) is 0 Å². The Morgan fingerprint density at radius 1 is 1.22 bits per heavy atom. The summed E-state index contributed by atoms with van der Waals surface area (Å²) in [4.78, 5) is 11.2. The number of anilines is 1. The minimum atomic E-state index is 0.717. The second-order valence-corrected chi connectivity index (χ2v) is 4.97. The van der Waals surface area contributed by atoms with Gasteiger partial charge in [-0.15, -0.1) is 0 Å². The van der Waals surface area contributed by atoms with E-state index in [2.05, 4.69) is 20.2 Å². The lowest BCUT2D eigenvalue weighted by Gasteiger charge is -2.20. The predicted octanol–water partition coefficient (Wildman–Crippen LogP) is 0.955. The fourth-order valence-electron chi connectivity index (χ4n) is 2.11. The summed E-state index contributed by atoms with van der Waals surface area (Å²) < 4.78 is 5.44. The van der Waals surface area contributed by atoms with Crippen LogP contribution in [0.25, 0.3) is 0 Å². The molecule has 1 N–H and O–H groups in total. The summed E-state index contributed by atoms with van der Waals surface area (Å²) in [6.45, 7) is 4.39. The first-order valence-corrected chi connectivity index (χ1v) is 6.79. The van der Waals surface area contributed by atoms with Crippen molar-refractivity contribution in [3.05, 3.63) is 18.1 Å². The highest BCUT2D eigenvalue weighted by Crippen LogP contribution is 2.19. The van der Waals surface area contributed by atoms with Crippen LogP contribution in [0.5, 0.6) is 0 Å². The van der Waals surface area contributed by atoms with Gasteiger partial charge in [-0.3, -0.25) is 4.98 Å². The molecule has 1 aromatic heterocycles. The Hall–Kier alpha value is -1.20. The van der Waals surface area contributed by atoms with Crippen molar-refractivity contribution in [1.29, 1.82) is 0 Å². The molecule has 1 aliphatic carbocycles. The van der Waals surface area contributed by atoms with Crippen molar-refractivity contribution in [2.24, 2.45) is 0 Å². The molecule has 1 aliphatic heterocycles. The molecule has 2 heterocycles. The molecule has 2 fully saturated rings. The molecule has 2 aliphatic rings. The molecule has 1 saturated heterocycles. The van der Waals surface area contributed by atoms with Gasteiger partial charge in [0.05, 0.1) is 24.7 Å². The van der Waals surface area contributed by atoms with E-state index in [1.807, 2.05) is 12.4 Å². The zero-order chi connectivity index (χ0) is 12.2. The van der Waals surface area contributed by atoms with E-state index in [0.717, 1.165) is 50.8 Å². The summed E-state index contributed by atoms with van der Waals surface area (Å²) >= 11 is 0. The van der Waals surface area contributed by atoms with Gasteiger partial charge in [0.2, 0.25) is 0 Å². The molecule has 0 amide bonds. The predicted molar refractivity (Wildman–Crippen MR) is 69.5 cm³/mol. The molecule has 0 atom stereocenters. The molecular weight excluding hydrogens is 228 g/mol. The van der Waals surface area contributed by atoms with Crippen LogP contribution < -0.4 is 10.2 Å². The van der Waals surface area contributed by atoms with Crippen LogP contribution in [0, 0.1) is 0 Å². The van der Waals surface area contributed by atoms with Crippen LogP contribution in [-0.2, 0) is 11.3 Å². The number of aromatic nitrogens is 2. The molecule has 1 aromatic rings. The highest BCUT2D eigenvalue weighted by Gasteiger charge is 2.20. The van der Waals surface area contributed by atoms with Gasteiger partial charge in [-0.2, -0.15) is 0 Å². The Bertz CT molecular complexity index is 369. The smallest absolute Gasteiger partial charge is 0.147 e. The molecule has 3 rings (SSSR count). The summed E-state index contributed by atoms with van der Waals surface area (Å²) in [5.41, 5.74) is 1.02. The lowest BCUT2D eigenvalue weighted by molar-refractivity contribution is 0.152. The monoisotopic (exact) mass is 248 g/mol. The van der Waals surface area contributed by atoms with Crippen molar-refractivity contribution in [3.63, 3.8) is 0 Å². The average molecular weight is 248 g/mol. The minimum Gasteiger partial charge on any atom is -0.380 e. The Morgan fingerprint density at radius 3 is 2.94 bits per heavy atom. The number of nitrogens with zero attached hydrogens (tertiary/aromatic N) is 3. The second-order valence-electron chi connectivity index (χ2n) is 4.97. The van der Waals surface area contributed by atoms with Gasteiger partial charge in [-0.1, -0.05) is 0 Å². The Kier molecular flexibility index (Phi) is 3.71. The van der Waals surface area contributed by atoms with E-state index < -0.39 is 0 Å². The highest BCUT2D eigenvalue weighted by molar-refractivity contribution is 5.35. The maximum atomic E-state index is 5.44. The second kappa shape index (κ2) is 5.63. The molecule has 98 valence electrons. The first-order valence-electron chi connectivity index (χ1n) is 6.79. The van der Waals surface area contributed by atoms with E-state index in [1.54, 1.807) is 0 Å². The maximum Gasteiger partial charge on any atom is 0.147 e. The van der Waals surface area contributed by atoms with Crippen molar-refractivity contribution in [2.45, 2.75) is 31.8 Å². The molecule has 18 heavy (non-hydrogen) atoms. The van der Waals surface area contributed by atoms with E-state index in [0.29, 0.717) is 6.04 Å². The summed E-state index contributed by atoms with van der Waals surface area (Å²) in [5, 5.41) is 3.45. The highest BCUT2D eigenvalue weighted by atomic mass is 16.5. The van der Waals surface area contributed by atoms with Gasteiger partial charge < -0.3 is 15.0 Å². The van der Waals surface area contributed by atoms with Gasteiger partial charge in [0.15, 0.2) is 0 Å². The van der Waals surface area contributed by atoms with Crippen LogP contribution in [0.3, 0.4) is 0 Å². The van der Waals surface area contributed by atoms with Crippen molar-refractivity contribution in [1.82, 2.24) is 15.3 Å². The van der Waals surface area contributed by atoms with E-state index >= 15 is 0 Å². The molecule has 0 radical (unpaired) electrons. The van der Waals surface area contributed by atoms with E-state index in [4.69, 9.17) is 4.74 Å². The van der Waals surface area contributed by atoms with Gasteiger partial charge in [-0.25, -0.2) is 4.98 Å². The number of hydrogen-bond donors (Lipinski definition) is 1.